The van der Waals surface area contributed by atoms with E-state index in [0.29, 0.717) is 12.0 Å². The third-order valence-corrected chi connectivity index (χ3v) is 4.41. The third-order valence-electron chi connectivity index (χ3n) is 4.41. The molecular formula is C15H20N6. The van der Waals surface area contributed by atoms with Gasteiger partial charge in [0, 0.05) is 31.4 Å². The highest BCUT2D eigenvalue weighted by atomic mass is 15.4. The average molecular weight is 284 g/mol. The van der Waals surface area contributed by atoms with Crippen molar-refractivity contribution < 1.29 is 0 Å². The normalized spacial score (nSPS) is 22.0. The maximum Gasteiger partial charge on any atom is 0.150 e. The van der Waals surface area contributed by atoms with Crippen molar-refractivity contribution >= 4 is 5.82 Å². The van der Waals surface area contributed by atoms with Crippen molar-refractivity contribution in [3.63, 3.8) is 0 Å². The van der Waals surface area contributed by atoms with Gasteiger partial charge in [-0.15, -0.1) is 5.10 Å². The van der Waals surface area contributed by atoms with E-state index >= 15 is 0 Å². The van der Waals surface area contributed by atoms with Gasteiger partial charge in [0.2, 0.25) is 0 Å². The quantitative estimate of drug-likeness (QED) is 0.863. The summed E-state index contributed by atoms with van der Waals surface area (Å²) in [7, 11) is 0. The topological polar surface area (TPSA) is 59.7 Å². The van der Waals surface area contributed by atoms with Crippen LogP contribution in [0.25, 0.3) is 0 Å². The molecule has 0 N–H and O–H groups in total. The zero-order chi connectivity index (χ0) is 14.4. The SMILES string of the molecule is Cc1cnc(C)c(N2CCC(n3cc(C4CC4)nn3)C2)n1. The monoisotopic (exact) mass is 284 g/mol. The molecule has 4 rings (SSSR count). The molecule has 1 unspecified atom stereocenters. The Balaban J connectivity index is 1.52. The van der Waals surface area contributed by atoms with Crippen molar-refractivity contribution in [1.29, 1.82) is 0 Å². The summed E-state index contributed by atoms with van der Waals surface area (Å²) in [6.45, 7) is 5.95. The van der Waals surface area contributed by atoms with Gasteiger partial charge in [0.1, 0.15) is 5.82 Å². The molecule has 1 aliphatic heterocycles. The van der Waals surface area contributed by atoms with E-state index in [-0.39, 0.29) is 0 Å². The standard InChI is InChI=1S/C15H20N6/c1-10-7-16-11(2)15(17-10)20-6-5-13(8-20)21-9-14(18-19-21)12-3-4-12/h7,9,12-13H,3-6,8H2,1-2H3. The molecule has 1 saturated heterocycles. The highest BCUT2D eigenvalue weighted by Gasteiger charge is 2.30. The molecular weight excluding hydrogens is 264 g/mol. The summed E-state index contributed by atoms with van der Waals surface area (Å²) in [5, 5.41) is 8.65. The predicted octanol–water partition coefficient (Wildman–Crippen LogP) is 2.01. The molecule has 0 amide bonds. The molecule has 1 aliphatic carbocycles. The zero-order valence-corrected chi connectivity index (χ0v) is 12.5. The van der Waals surface area contributed by atoms with Crippen LogP contribution in [0.3, 0.4) is 0 Å². The third kappa shape index (κ3) is 2.39. The molecule has 6 heteroatoms. The number of hydrogen-bond acceptors (Lipinski definition) is 5. The van der Waals surface area contributed by atoms with Crippen LogP contribution in [0.1, 0.15) is 48.3 Å². The number of aromatic nitrogens is 5. The maximum atomic E-state index is 4.64. The first-order valence-corrected chi connectivity index (χ1v) is 7.67. The minimum Gasteiger partial charge on any atom is -0.353 e. The fraction of sp³-hybridized carbons (Fsp3) is 0.600. The minimum absolute atomic E-state index is 0.395. The van der Waals surface area contributed by atoms with Gasteiger partial charge in [-0.05, 0) is 33.1 Å². The summed E-state index contributed by atoms with van der Waals surface area (Å²) in [5.74, 6) is 1.68. The van der Waals surface area contributed by atoms with Crippen LogP contribution in [0, 0.1) is 13.8 Å². The molecule has 2 aromatic rings. The van der Waals surface area contributed by atoms with Gasteiger partial charge in [0.05, 0.1) is 23.1 Å². The Morgan fingerprint density at radius 2 is 2.05 bits per heavy atom. The second-order valence-corrected chi connectivity index (χ2v) is 6.21. The largest absolute Gasteiger partial charge is 0.353 e. The summed E-state index contributed by atoms with van der Waals surface area (Å²) in [6, 6.07) is 0.395. The summed E-state index contributed by atoms with van der Waals surface area (Å²) in [5.41, 5.74) is 3.13. The van der Waals surface area contributed by atoms with Crippen LogP contribution in [0.15, 0.2) is 12.4 Å². The van der Waals surface area contributed by atoms with Crippen molar-refractivity contribution in [3.05, 3.63) is 29.5 Å². The molecule has 0 bridgehead atoms. The highest BCUT2D eigenvalue weighted by molar-refractivity contribution is 5.44. The molecule has 2 aliphatic rings. The molecule has 110 valence electrons. The smallest absolute Gasteiger partial charge is 0.150 e. The summed E-state index contributed by atoms with van der Waals surface area (Å²) in [4.78, 5) is 11.4. The van der Waals surface area contributed by atoms with Crippen molar-refractivity contribution in [2.75, 3.05) is 18.0 Å². The van der Waals surface area contributed by atoms with Crippen LogP contribution >= 0.6 is 0 Å². The lowest BCUT2D eigenvalue weighted by Crippen LogP contribution is -2.23. The molecule has 1 saturated carbocycles. The average Bonchev–Trinajstić information content (AvgIpc) is 3.03. The molecule has 2 aromatic heterocycles. The van der Waals surface area contributed by atoms with E-state index in [2.05, 4.69) is 31.4 Å². The van der Waals surface area contributed by atoms with Gasteiger partial charge >= 0.3 is 0 Å². The molecule has 6 nitrogen and oxygen atoms in total. The number of rotatable bonds is 3. The number of aryl methyl sites for hydroxylation is 2. The Hall–Kier alpha value is -1.98. The van der Waals surface area contributed by atoms with Crippen LogP contribution < -0.4 is 4.90 Å². The van der Waals surface area contributed by atoms with E-state index in [1.165, 1.54) is 18.5 Å². The Morgan fingerprint density at radius 1 is 1.19 bits per heavy atom. The molecule has 21 heavy (non-hydrogen) atoms. The van der Waals surface area contributed by atoms with Crippen molar-refractivity contribution in [2.45, 2.75) is 45.1 Å². The Bertz CT molecular complexity index is 660. The van der Waals surface area contributed by atoms with Crippen LogP contribution in [0.4, 0.5) is 5.82 Å². The first-order chi connectivity index (χ1) is 10.2. The Labute approximate surface area is 124 Å². The summed E-state index contributed by atoms with van der Waals surface area (Å²) >= 11 is 0. The van der Waals surface area contributed by atoms with Gasteiger partial charge in [-0.1, -0.05) is 5.21 Å². The van der Waals surface area contributed by atoms with Gasteiger partial charge in [0.15, 0.2) is 0 Å². The zero-order valence-electron chi connectivity index (χ0n) is 12.5. The molecule has 2 fully saturated rings. The van der Waals surface area contributed by atoms with Crippen LogP contribution in [0.5, 0.6) is 0 Å². The second-order valence-electron chi connectivity index (χ2n) is 6.21. The lowest BCUT2D eigenvalue weighted by atomic mass is 10.2. The fourth-order valence-electron chi connectivity index (χ4n) is 3.01. The van der Waals surface area contributed by atoms with E-state index in [0.717, 1.165) is 36.7 Å². The van der Waals surface area contributed by atoms with Crippen molar-refractivity contribution in [3.8, 4) is 0 Å². The lowest BCUT2D eigenvalue weighted by molar-refractivity contribution is 0.479. The van der Waals surface area contributed by atoms with Crippen LogP contribution in [0.2, 0.25) is 0 Å². The summed E-state index contributed by atoms with van der Waals surface area (Å²) < 4.78 is 2.05. The van der Waals surface area contributed by atoms with E-state index < -0.39 is 0 Å². The van der Waals surface area contributed by atoms with Gasteiger partial charge in [-0.25, -0.2) is 9.67 Å². The summed E-state index contributed by atoms with van der Waals surface area (Å²) in [6.07, 6.45) is 7.59. The Kier molecular flexibility index (Phi) is 2.90. The van der Waals surface area contributed by atoms with E-state index in [9.17, 15) is 0 Å². The maximum absolute atomic E-state index is 4.64. The first kappa shape index (κ1) is 12.7. The van der Waals surface area contributed by atoms with Gasteiger partial charge in [0.25, 0.3) is 0 Å². The van der Waals surface area contributed by atoms with Gasteiger partial charge in [-0.3, -0.25) is 4.98 Å². The molecule has 0 aromatic carbocycles. The minimum atomic E-state index is 0.395. The van der Waals surface area contributed by atoms with Gasteiger partial charge in [-0.2, -0.15) is 0 Å². The van der Waals surface area contributed by atoms with Crippen LogP contribution in [-0.4, -0.2) is 38.1 Å². The van der Waals surface area contributed by atoms with Crippen LogP contribution in [-0.2, 0) is 0 Å². The predicted molar refractivity (Wildman–Crippen MR) is 79.4 cm³/mol. The number of hydrogen-bond donors (Lipinski definition) is 0. The molecule has 3 heterocycles. The van der Waals surface area contributed by atoms with Crippen molar-refractivity contribution in [1.82, 2.24) is 25.0 Å². The van der Waals surface area contributed by atoms with Gasteiger partial charge < -0.3 is 4.90 Å². The molecule has 0 spiro atoms. The fourth-order valence-corrected chi connectivity index (χ4v) is 3.01. The lowest BCUT2D eigenvalue weighted by Gasteiger charge is -2.19. The first-order valence-electron chi connectivity index (χ1n) is 7.67. The number of nitrogens with zero attached hydrogens (tertiary/aromatic N) is 6. The van der Waals surface area contributed by atoms with E-state index in [4.69, 9.17) is 0 Å². The molecule has 0 radical (unpaired) electrons. The molecule has 1 atom stereocenters. The van der Waals surface area contributed by atoms with E-state index in [1.807, 2.05) is 24.7 Å². The van der Waals surface area contributed by atoms with E-state index in [1.54, 1.807) is 0 Å². The Morgan fingerprint density at radius 3 is 2.86 bits per heavy atom. The van der Waals surface area contributed by atoms with Crippen molar-refractivity contribution in [2.24, 2.45) is 0 Å². The number of anilines is 1. The second kappa shape index (κ2) is 4.79. The highest BCUT2D eigenvalue weighted by Crippen LogP contribution is 2.39.